The fourth-order valence-electron chi connectivity index (χ4n) is 6.19. The van der Waals surface area contributed by atoms with Crippen LogP contribution in [0.15, 0.2) is 59.1 Å². The van der Waals surface area contributed by atoms with E-state index in [9.17, 15) is 33.9 Å². The summed E-state index contributed by atoms with van der Waals surface area (Å²) in [5.74, 6) is -4.02. The lowest BCUT2D eigenvalue weighted by atomic mass is 9.96. The number of amides is 6. The highest BCUT2D eigenvalue weighted by Crippen LogP contribution is 2.28. The second kappa shape index (κ2) is 20.8. The fourth-order valence-corrected chi connectivity index (χ4v) is 6.46. The lowest BCUT2D eigenvalue weighted by molar-refractivity contribution is -0.870. The summed E-state index contributed by atoms with van der Waals surface area (Å²) in [7, 11) is 6.14. The number of hydrogen-bond acceptors (Lipinski definition) is 7. The topological polar surface area (TPSA) is 209 Å². The third-order valence-corrected chi connectivity index (χ3v) is 9.79. The quantitative estimate of drug-likeness (QED) is 0.0771. The van der Waals surface area contributed by atoms with Crippen LogP contribution in [0.5, 0.6) is 0 Å². The Labute approximate surface area is 320 Å². The molecule has 0 saturated heterocycles. The van der Waals surface area contributed by atoms with Crippen LogP contribution < -0.4 is 32.3 Å². The maximum Gasteiger partial charge on any atom is 0.251 e. The molecular weight excluding hydrogens is 746 g/mol. The van der Waals surface area contributed by atoms with E-state index in [1.165, 1.54) is 6.92 Å². The number of nitrogens with zero attached hydrogens (tertiary/aromatic N) is 1. The zero-order chi connectivity index (χ0) is 39.1. The van der Waals surface area contributed by atoms with Gasteiger partial charge in [-0.2, -0.15) is 0 Å². The Hall–Kier alpha value is -4.34. The summed E-state index contributed by atoms with van der Waals surface area (Å²) in [6.07, 6.45) is 4.84. The number of nitrogens with one attached hydrogen (secondary N) is 5. The van der Waals surface area contributed by atoms with Crippen molar-refractivity contribution in [3.8, 4) is 0 Å². The average Bonchev–Trinajstić information content (AvgIpc) is 3.65. The molecule has 0 spiro atoms. The van der Waals surface area contributed by atoms with Gasteiger partial charge in [0.05, 0.1) is 34.3 Å². The van der Waals surface area contributed by atoms with E-state index in [-0.39, 0.29) is 18.8 Å². The van der Waals surface area contributed by atoms with Crippen LogP contribution in [0.3, 0.4) is 0 Å². The van der Waals surface area contributed by atoms with Gasteiger partial charge >= 0.3 is 0 Å². The maximum atomic E-state index is 13.9. The molecule has 290 valence electrons. The molecule has 5 atom stereocenters. The van der Waals surface area contributed by atoms with Crippen molar-refractivity contribution in [1.29, 1.82) is 0 Å². The number of aliphatic hydroxyl groups is 1. The first-order chi connectivity index (χ1) is 25.1. The first kappa shape index (κ1) is 43.1. The molecule has 2 aromatic carbocycles. The SMILES string of the molecule is C[C@H](NC(=O)[C@H](Cc1ccccc1)NC(=O)c1ccc(Br)cc1)C(=O)NC(C(=O)N[C@@H](CCCC[N+](C)(C)C)C(=O)N[C@@H](CO)C(N)=O)C1CCCC1. The normalized spacial score (nSPS) is 16.0. The number of unbranched alkanes of at least 4 members (excludes halogenated alkanes) is 1. The van der Waals surface area contributed by atoms with Gasteiger partial charge in [-0.1, -0.05) is 59.1 Å². The molecule has 0 aromatic heterocycles. The van der Waals surface area contributed by atoms with E-state index in [0.717, 1.165) is 35.8 Å². The van der Waals surface area contributed by atoms with Crippen molar-refractivity contribution < 1.29 is 38.4 Å². The van der Waals surface area contributed by atoms with Crippen molar-refractivity contribution >= 4 is 51.4 Å². The third-order valence-electron chi connectivity index (χ3n) is 9.26. The molecule has 0 radical (unpaired) electrons. The minimum atomic E-state index is -1.33. The molecule has 14 nitrogen and oxygen atoms in total. The first-order valence-corrected chi connectivity index (χ1v) is 18.9. The molecule has 1 saturated carbocycles. The molecule has 1 fully saturated rings. The van der Waals surface area contributed by atoms with Crippen LogP contribution in [0.25, 0.3) is 0 Å². The fraction of sp³-hybridized carbons (Fsp3) is 0.526. The van der Waals surface area contributed by atoms with Gasteiger partial charge in [-0.25, -0.2) is 0 Å². The van der Waals surface area contributed by atoms with Crippen molar-refractivity contribution in [1.82, 2.24) is 26.6 Å². The van der Waals surface area contributed by atoms with Gasteiger partial charge in [0.1, 0.15) is 30.2 Å². The first-order valence-electron chi connectivity index (χ1n) is 18.1. The number of rotatable bonds is 20. The molecule has 1 unspecified atom stereocenters. The average molecular weight is 802 g/mol. The predicted molar refractivity (Wildman–Crippen MR) is 204 cm³/mol. The van der Waals surface area contributed by atoms with E-state index in [4.69, 9.17) is 5.73 Å². The highest BCUT2D eigenvalue weighted by molar-refractivity contribution is 9.10. The van der Waals surface area contributed by atoms with Crippen LogP contribution in [0.4, 0.5) is 0 Å². The van der Waals surface area contributed by atoms with Gasteiger partial charge in [-0.3, -0.25) is 28.8 Å². The number of nitrogens with two attached hydrogens (primary N) is 1. The molecule has 8 N–H and O–H groups in total. The Kier molecular flexibility index (Phi) is 16.9. The van der Waals surface area contributed by atoms with Crippen molar-refractivity contribution in [2.45, 2.75) is 88.5 Å². The number of primary amides is 1. The van der Waals surface area contributed by atoms with Gasteiger partial charge in [-0.15, -0.1) is 0 Å². The van der Waals surface area contributed by atoms with Crippen molar-refractivity contribution in [3.63, 3.8) is 0 Å². The molecule has 6 amide bonds. The zero-order valence-corrected chi connectivity index (χ0v) is 32.6. The summed E-state index contributed by atoms with van der Waals surface area (Å²) in [6, 6.07) is 10.4. The molecule has 3 rings (SSSR count). The van der Waals surface area contributed by atoms with Gasteiger partial charge in [0.2, 0.25) is 29.5 Å². The van der Waals surface area contributed by atoms with Crippen LogP contribution in [0.1, 0.15) is 67.8 Å². The van der Waals surface area contributed by atoms with Crippen LogP contribution in [0.2, 0.25) is 0 Å². The van der Waals surface area contributed by atoms with E-state index < -0.39 is 72.3 Å². The van der Waals surface area contributed by atoms with E-state index in [1.54, 1.807) is 24.3 Å². The van der Waals surface area contributed by atoms with Crippen molar-refractivity contribution in [2.24, 2.45) is 11.7 Å². The van der Waals surface area contributed by atoms with Crippen LogP contribution >= 0.6 is 15.9 Å². The number of halogens is 1. The minimum absolute atomic E-state index is 0.168. The smallest absolute Gasteiger partial charge is 0.251 e. The molecule has 0 aliphatic heterocycles. The van der Waals surface area contributed by atoms with Crippen LogP contribution in [-0.2, 0) is 30.4 Å². The van der Waals surface area contributed by atoms with Crippen molar-refractivity contribution in [3.05, 3.63) is 70.2 Å². The number of aliphatic hydroxyl groups excluding tert-OH is 1. The monoisotopic (exact) mass is 800 g/mol. The summed E-state index contributed by atoms with van der Waals surface area (Å²) in [5, 5.41) is 23.1. The Balaban J connectivity index is 1.75. The van der Waals surface area contributed by atoms with Gasteiger partial charge in [0.25, 0.3) is 5.91 Å². The van der Waals surface area contributed by atoms with Gasteiger partial charge in [0.15, 0.2) is 0 Å². The van der Waals surface area contributed by atoms with Gasteiger partial charge < -0.3 is 41.9 Å². The highest BCUT2D eigenvalue weighted by Gasteiger charge is 2.36. The summed E-state index contributed by atoms with van der Waals surface area (Å²) in [5.41, 5.74) is 6.48. The number of benzene rings is 2. The number of quaternary nitrogens is 1. The molecule has 15 heteroatoms. The van der Waals surface area contributed by atoms with Gasteiger partial charge in [0, 0.05) is 16.5 Å². The number of carbonyl (C=O) groups is 6. The largest absolute Gasteiger partial charge is 0.394 e. The molecular formula is C38H55BrN7O7+. The molecule has 2 aromatic rings. The molecule has 0 bridgehead atoms. The standard InChI is InChI=1S/C38H54BrN7O7/c1-24(41-37(52)30(22-25-12-6-5-7-13-25)43-35(50)27-17-19-28(39)20-18-27)34(49)45-32(26-14-8-9-15-26)38(53)42-29(16-10-11-21-46(2,3)4)36(51)44-31(23-47)33(40)48/h5-7,12-13,17-20,24,26,29-32,47H,8-11,14-16,21-23H2,1-4H3,(H6-,40,41,42,43,44,45,48,49,50,51,52,53)/p+1/t24-,29-,30-,31-,32?/m0/s1. The Morgan fingerprint density at radius 1 is 0.774 bits per heavy atom. The minimum Gasteiger partial charge on any atom is -0.394 e. The Morgan fingerprint density at radius 3 is 1.96 bits per heavy atom. The molecule has 1 aliphatic rings. The summed E-state index contributed by atoms with van der Waals surface area (Å²) in [6.45, 7) is 1.62. The highest BCUT2D eigenvalue weighted by atomic mass is 79.9. The van der Waals surface area contributed by atoms with Crippen LogP contribution in [0, 0.1) is 5.92 Å². The van der Waals surface area contributed by atoms with E-state index in [1.807, 2.05) is 51.5 Å². The molecule has 0 heterocycles. The second-order valence-corrected chi connectivity index (χ2v) is 15.6. The molecule has 53 heavy (non-hydrogen) atoms. The summed E-state index contributed by atoms with van der Waals surface area (Å²) < 4.78 is 1.51. The lowest BCUT2D eigenvalue weighted by Crippen LogP contribution is -2.60. The molecule has 1 aliphatic carbocycles. The van der Waals surface area contributed by atoms with E-state index >= 15 is 0 Å². The zero-order valence-electron chi connectivity index (χ0n) is 31.0. The van der Waals surface area contributed by atoms with E-state index in [0.29, 0.717) is 29.3 Å². The third kappa shape index (κ3) is 14.5. The van der Waals surface area contributed by atoms with Crippen molar-refractivity contribution in [2.75, 3.05) is 34.3 Å². The second-order valence-electron chi connectivity index (χ2n) is 14.7. The Bertz CT molecular complexity index is 1550. The number of carbonyl (C=O) groups excluding carboxylic acids is 6. The number of hydrogen-bond donors (Lipinski definition) is 7. The van der Waals surface area contributed by atoms with Crippen LogP contribution in [-0.4, -0.2) is 110 Å². The lowest BCUT2D eigenvalue weighted by Gasteiger charge is -2.29. The predicted octanol–water partition coefficient (Wildman–Crippen LogP) is 1.29. The summed E-state index contributed by atoms with van der Waals surface area (Å²) >= 11 is 3.35. The van der Waals surface area contributed by atoms with E-state index in [2.05, 4.69) is 42.5 Å². The van der Waals surface area contributed by atoms with Gasteiger partial charge in [-0.05, 0) is 74.8 Å². The Morgan fingerprint density at radius 2 is 1.38 bits per heavy atom. The maximum absolute atomic E-state index is 13.9. The summed E-state index contributed by atoms with van der Waals surface area (Å²) in [4.78, 5) is 79.4.